The van der Waals surface area contributed by atoms with Crippen molar-refractivity contribution in [3.8, 4) is 0 Å². The van der Waals surface area contributed by atoms with Crippen molar-refractivity contribution < 1.29 is 19.8 Å². The average molecular weight is 287 g/mol. The van der Waals surface area contributed by atoms with E-state index >= 15 is 0 Å². The lowest BCUT2D eigenvalue weighted by Gasteiger charge is -2.10. The third-order valence-corrected chi connectivity index (χ3v) is 2.58. The number of benzene rings is 1. The second-order valence-electron chi connectivity index (χ2n) is 3.28. The number of carboxylic acids is 1. The van der Waals surface area contributed by atoms with Gasteiger partial charge < -0.3 is 10.2 Å². The van der Waals surface area contributed by atoms with Crippen LogP contribution in [0.3, 0.4) is 0 Å². The molecule has 4 nitrogen and oxygen atoms in total. The van der Waals surface area contributed by atoms with E-state index in [1.54, 1.807) is 13.0 Å². The predicted octanol–water partition coefficient (Wildman–Crippen LogP) is 1.84. The van der Waals surface area contributed by atoms with Gasteiger partial charge in [-0.2, -0.15) is 0 Å². The molecule has 0 radical (unpaired) electrons. The molecule has 86 valence electrons. The van der Waals surface area contributed by atoms with E-state index in [1.807, 2.05) is 0 Å². The monoisotopic (exact) mass is 286 g/mol. The van der Waals surface area contributed by atoms with E-state index in [9.17, 15) is 9.59 Å². The highest BCUT2D eigenvalue weighted by molar-refractivity contribution is 9.10. The van der Waals surface area contributed by atoms with Gasteiger partial charge in [-0.3, -0.25) is 4.79 Å². The summed E-state index contributed by atoms with van der Waals surface area (Å²) >= 11 is 3.10. The number of aliphatic hydroxyl groups excluding tert-OH is 1. The average Bonchev–Trinajstić information content (AvgIpc) is 2.26. The maximum Gasteiger partial charge on any atom is 0.336 e. The second-order valence-corrected chi connectivity index (χ2v) is 4.66. The molecule has 0 amide bonds. The van der Waals surface area contributed by atoms with Crippen molar-refractivity contribution in [1.29, 1.82) is 0 Å². The molecule has 0 heterocycles. The molecule has 1 aromatic rings. The third-order valence-electron chi connectivity index (χ3n) is 2.16. The number of rotatable bonds is 4. The summed E-state index contributed by atoms with van der Waals surface area (Å²) in [5.41, 5.74) is 0.233. The van der Waals surface area contributed by atoms with Crippen molar-refractivity contribution in [1.82, 2.24) is 0 Å². The molecule has 0 aliphatic heterocycles. The van der Waals surface area contributed by atoms with Crippen molar-refractivity contribution in [2.24, 2.45) is 0 Å². The molecule has 0 bridgehead atoms. The van der Waals surface area contributed by atoms with Crippen LogP contribution in [0.2, 0.25) is 0 Å². The number of Topliss-reactive ketones (excluding diaryl/α,β-unsaturated/α-hetero) is 1. The predicted molar refractivity (Wildman–Crippen MR) is 62.0 cm³/mol. The summed E-state index contributed by atoms with van der Waals surface area (Å²) in [6.45, 7) is 1.22. The number of alkyl halides is 1. The number of carboxylic acid groups (broad SMARTS) is 1. The minimum Gasteiger partial charge on any atom is -0.478 e. The number of halogens is 1. The van der Waals surface area contributed by atoms with Crippen molar-refractivity contribution >= 4 is 27.7 Å². The molecule has 0 fully saturated rings. The molecule has 1 aromatic carbocycles. The number of hydrogen-bond donors (Lipinski definition) is 2. The molecule has 0 saturated carbocycles. The van der Waals surface area contributed by atoms with Gasteiger partial charge in [-0.25, -0.2) is 4.79 Å². The van der Waals surface area contributed by atoms with Gasteiger partial charge in [0, 0.05) is 5.56 Å². The Morgan fingerprint density at radius 2 is 2.06 bits per heavy atom. The molecule has 16 heavy (non-hydrogen) atoms. The lowest BCUT2D eigenvalue weighted by Crippen LogP contribution is -2.17. The molecular weight excluding hydrogens is 276 g/mol. The first-order chi connectivity index (χ1) is 7.49. The number of ketones is 1. The fourth-order valence-electron chi connectivity index (χ4n) is 1.40. The third kappa shape index (κ3) is 2.48. The van der Waals surface area contributed by atoms with E-state index in [1.165, 1.54) is 12.1 Å². The van der Waals surface area contributed by atoms with E-state index in [4.69, 9.17) is 10.2 Å². The van der Waals surface area contributed by atoms with Gasteiger partial charge in [0.05, 0.1) is 17.0 Å². The summed E-state index contributed by atoms with van der Waals surface area (Å²) in [6, 6.07) is 4.49. The Morgan fingerprint density at radius 3 is 2.50 bits per heavy atom. The smallest absolute Gasteiger partial charge is 0.336 e. The maximum atomic E-state index is 11.7. The van der Waals surface area contributed by atoms with Crippen molar-refractivity contribution in [2.75, 3.05) is 0 Å². The van der Waals surface area contributed by atoms with Crippen LogP contribution in [0.25, 0.3) is 0 Å². The van der Waals surface area contributed by atoms with E-state index < -0.39 is 17.4 Å². The minimum absolute atomic E-state index is 0.114. The summed E-state index contributed by atoms with van der Waals surface area (Å²) in [5.74, 6) is -1.52. The van der Waals surface area contributed by atoms with Crippen LogP contribution < -0.4 is 0 Å². The van der Waals surface area contributed by atoms with E-state index in [0.717, 1.165) is 0 Å². The summed E-state index contributed by atoms with van der Waals surface area (Å²) in [5, 5.41) is 18.1. The van der Waals surface area contributed by atoms with Gasteiger partial charge in [-0.05, 0) is 12.5 Å². The fraction of sp³-hybridized carbons (Fsp3) is 0.273. The van der Waals surface area contributed by atoms with Crippen LogP contribution in [0.15, 0.2) is 18.2 Å². The van der Waals surface area contributed by atoms with Gasteiger partial charge in [0.2, 0.25) is 0 Å². The highest BCUT2D eigenvalue weighted by Gasteiger charge is 2.22. The lowest BCUT2D eigenvalue weighted by atomic mass is 9.97. The molecule has 0 spiro atoms. The molecule has 5 heteroatoms. The molecule has 0 aromatic heterocycles. The molecule has 1 unspecified atom stereocenters. The molecule has 0 aliphatic carbocycles. The van der Waals surface area contributed by atoms with Crippen LogP contribution in [0, 0.1) is 0 Å². The zero-order chi connectivity index (χ0) is 12.3. The Labute approximate surface area is 101 Å². The summed E-state index contributed by atoms with van der Waals surface area (Å²) in [7, 11) is 0. The van der Waals surface area contributed by atoms with E-state index in [0.29, 0.717) is 0 Å². The van der Waals surface area contributed by atoms with Gasteiger partial charge in [0.1, 0.15) is 0 Å². The van der Waals surface area contributed by atoms with Crippen LogP contribution in [-0.2, 0) is 6.61 Å². The van der Waals surface area contributed by atoms with Gasteiger partial charge in [0.25, 0.3) is 0 Å². The van der Waals surface area contributed by atoms with Crippen molar-refractivity contribution in [3.63, 3.8) is 0 Å². The summed E-state index contributed by atoms with van der Waals surface area (Å²) in [6.07, 6.45) is 0. The standard InChI is InChI=1S/C11H11BrO4/c1-6(12)10(14)8-4-2-3-7(5-13)9(8)11(15)16/h2-4,6,13H,5H2,1H3,(H,15,16). The fourth-order valence-corrected chi connectivity index (χ4v) is 1.65. The number of carbonyl (C=O) groups is 2. The quantitative estimate of drug-likeness (QED) is 0.654. The normalized spacial score (nSPS) is 12.2. The van der Waals surface area contributed by atoms with Gasteiger partial charge in [0.15, 0.2) is 5.78 Å². The highest BCUT2D eigenvalue weighted by Crippen LogP contribution is 2.19. The van der Waals surface area contributed by atoms with Crippen molar-refractivity contribution in [2.45, 2.75) is 18.4 Å². The van der Waals surface area contributed by atoms with Crippen LogP contribution >= 0.6 is 15.9 Å². The minimum atomic E-state index is -1.21. The SMILES string of the molecule is CC(Br)C(=O)c1cccc(CO)c1C(=O)O. The maximum absolute atomic E-state index is 11.7. The Balaban J connectivity index is 3.39. The highest BCUT2D eigenvalue weighted by atomic mass is 79.9. The molecule has 1 atom stereocenters. The van der Waals surface area contributed by atoms with Crippen LogP contribution in [0.4, 0.5) is 0 Å². The number of aromatic carboxylic acids is 1. The van der Waals surface area contributed by atoms with Gasteiger partial charge in [-0.15, -0.1) is 0 Å². The van der Waals surface area contributed by atoms with Crippen molar-refractivity contribution in [3.05, 3.63) is 34.9 Å². The Morgan fingerprint density at radius 1 is 1.44 bits per heavy atom. The topological polar surface area (TPSA) is 74.6 Å². The number of hydrogen-bond acceptors (Lipinski definition) is 3. The number of carbonyl (C=O) groups excluding carboxylic acids is 1. The lowest BCUT2D eigenvalue weighted by molar-refractivity contribution is 0.0688. The van der Waals surface area contributed by atoms with Crippen LogP contribution in [0.1, 0.15) is 33.2 Å². The second kappa shape index (κ2) is 5.23. The van der Waals surface area contributed by atoms with E-state index in [2.05, 4.69) is 15.9 Å². The van der Waals surface area contributed by atoms with Gasteiger partial charge in [-0.1, -0.05) is 34.1 Å². The molecule has 0 aliphatic rings. The van der Waals surface area contributed by atoms with Crippen LogP contribution in [0.5, 0.6) is 0 Å². The Hall–Kier alpha value is -1.20. The first-order valence-corrected chi connectivity index (χ1v) is 5.55. The van der Waals surface area contributed by atoms with Crippen LogP contribution in [-0.4, -0.2) is 26.8 Å². The molecule has 1 rings (SSSR count). The zero-order valence-corrected chi connectivity index (χ0v) is 10.2. The van der Waals surface area contributed by atoms with E-state index in [-0.39, 0.29) is 22.5 Å². The molecular formula is C11H11BrO4. The summed E-state index contributed by atoms with van der Waals surface area (Å²) < 4.78 is 0. The van der Waals surface area contributed by atoms with Gasteiger partial charge >= 0.3 is 5.97 Å². The largest absolute Gasteiger partial charge is 0.478 e. The zero-order valence-electron chi connectivity index (χ0n) is 8.61. The Bertz CT molecular complexity index is 426. The Kier molecular flexibility index (Phi) is 4.20. The molecule has 0 saturated heterocycles. The number of aliphatic hydroxyl groups is 1. The molecule has 2 N–H and O–H groups in total. The first-order valence-electron chi connectivity index (χ1n) is 4.63. The first kappa shape index (κ1) is 12.9. The summed E-state index contributed by atoms with van der Waals surface area (Å²) in [4.78, 5) is 22.3.